The van der Waals surface area contributed by atoms with Gasteiger partial charge in [-0.1, -0.05) is 5.16 Å². The third-order valence-electron chi connectivity index (χ3n) is 3.59. The number of nitrogens with zero attached hydrogens (tertiary/aromatic N) is 2. The van der Waals surface area contributed by atoms with Crippen LogP contribution in [0, 0.1) is 12.8 Å². The van der Waals surface area contributed by atoms with Gasteiger partial charge in [0.1, 0.15) is 5.54 Å². The molecule has 2 aliphatic rings. The summed E-state index contributed by atoms with van der Waals surface area (Å²) in [6.07, 6.45) is 3.35. The second-order valence-corrected chi connectivity index (χ2v) is 5.10. The summed E-state index contributed by atoms with van der Waals surface area (Å²) in [5.74, 6) is 1.38. The first kappa shape index (κ1) is 11.6. The number of nitrogens with one attached hydrogen (secondary N) is 1. The molecule has 3 rings (SSSR count). The van der Waals surface area contributed by atoms with E-state index < -0.39 is 5.54 Å². The fourth-order valence-corrected chi connectivity index (χ4v) is 2.29. The van der Waals surface area contributed by atoms with Gasteiger partial charge in [-0.15, -0.1) is 0 Å². The Bertz CT molecular complexity index is 447. The Balaban J connectivity index is 1.84. The predicted molar refractivity (Wildman–Crippen MR) is 61.6 cm³/mol. The van der Waals surface area contributed by atoms with Crippen molar-refractivity contribution in [2.75, 3.05) is 13.2 Å². The van der Waals surface area contributed by atoms with Crippen molar-refractivity contribution in [3.05, 3.63) is 11.7 Å². The van der Waals surface area contributed by atoms with Crippen LogP contribution in [0.2, 0.25) is 0 Å². The van der Waals surface area contributed by atoms with Crippen molar-refractivity contribution in [2.24, 2.45) is 5.92 Å². The van der Waals surface area contributed by atoms with Crippen LogP contribution >= 0.6 is 0 Å². The number of aromatic nitrogens is 2. The summed E-state index contributed by atoms with van der Waals surface area (Å²) in [6, 6.07) is 0. The molecule has 0 bridgehead atoms. The molecule has 6 nitrogen and oxygen atoms in total. The molecule has 2 heterocycles. The molecule has 0 spiro atoms. The number of ether oxygens (including phenoxy) is 1. The minimum atomic E-state index is -0.529. The minimum absolute atomic E-state index is 0.104. The van der Waals surface area contributed by atoms with Crippen LogP contribution in [-0.4, -0.2) is 29.3 Å². The molecule has 0 aromatic carbocycles. The van der Waals surface area contributed by atoms with E-state index >= 15 is 0 Å². The third-order valence-corrected chi connectivity index (χ3v) is 3.59. The van der Waals surface area contributed by atoms with Crippen LogP contribution < -0.4 is 5.32 Å². The Labute approximate surface area is 105 Å². The fraction of sp³-hybridized carbons (Fsp3) is 0.750. The zero-order valence-corrected chi connectivity index (χ0v) is 10.4. The fourth-order valence-electron chi connectivity index (χ4n) is 2.29. The van der Waals surface area contributed by atoms with Gasteiger partial charge >= 0.3 is 0 Å². The zero-order valence-electron chi connectivity index (χ0n) is 10.4. The minimum Gasteiger partial charge on any atom is -0.381 e. The smallest absolute Gasteiger partial charge is 0.252 e. The van der Waals surface area contributed by atoms with Gasteiger partial charge in [0.15, 0.2) is 5.82 Å². The van der Waals surface area contributed by atoms with Gasteiger partial charge in [-0.2, -0.15) is 4.98 Å². The predicted octanol–water partition coefficient (Wildman–Crippen LogP) is 0.910. The molecule has 0 unspecified atom stereocenters. The molecule has 18 heavy (non-hydrogen) atoms. The van der Waals surface area contributed by atoms with Gasteiger partial charge in [-0.25, -0.2) is 0 Å². The summed E-state index contributed by atoms with van der Waals surface area (Å²) >= 11 is 0. The highest BCUT2D eigenvalue weighted by Gasteiger charge is 2.43. The molecule has 1 saturated heterocycles. The standard InChI is InChI=1S/C12H17N3O3/c1-8-13-11(18-15-8)12(4-6-17-7-5-12)14-10(16)9-2-3-9/h9H,2-7H2,1H3,(H,14,16). The van der Waals surface area contributed by atoms with E-state index in [4.69, 9.17) is 9.26 Å². The number of amides is 1. The summed E-state index contributed by atoms with van der Waals surface area (Å²) in [5.41, 5.74) is -0.529. The number of carbonyl (C=O) groups excluding carboxylic acids is 1. The highest BCUT2D eigenvalue weighted by molar-refractivity contribution is 5.81. The molecule has 1 aromatic rings. The third kappa shape index (κ3) is 2.12. The van der Waals surface area contributed by atoms with Crippen LogP contribution in [0.4, 0.5) is 0 Å². The van der Waals surface area contributed by atoms with E-state index in [0.717, 1.165) is 12.8 Å². The maximum Gasteiger partial charge on any atom is 0.252 e. The summed E-state index contributed by atoms with van der Waals surface area (Å²) in [6.45, 7) is 2.99. The first-order valence-corrected chi connectivity index (χ1v) is 6.40. The van der Waals surface area contributed by atoms with E-state index in [1.807, 2.05) is 0 Å². The lowest BCUT2D eigenvalue weighted by Gasteiger charge is -2.34. The average molecular weight is 251 g/mol. The van der Waals surface area contributed by atoms with Gasteiger partial charge in [-0.3, -0.25) is 4.79 Å². The van der Waals surface area contributed by atoms with E-state index in [2.05, 4.69) is 15.5 Å². The maximum absolute atomic E-state index is 12.0. The van der Waals surface area contributed by atoms with Crippen LogP contribution in [0.3, 0.4) is 0 Å². The van der Waals surface area contributed by atoms with Gasteiger partial charge < -0.3 is 14.6 Å². The Morgan fingerprint density at radius 3 is 2.67 bits per heavy atom. The lowest BCUT2D eigenvalue weighted by molar-refractivity contribution is -0.126. The zero-order chi connectivity index (χ0) is 12.6. The number of hydrogen-bond acceptors (Lipinski definition) is 5. The topological polar surface area (TPSA) is 77.2 Å². The van der Waals surface area contributed by atoms with Crippen molar-refractivity contribution < 1.29 is 14.1 Å². The summed E-state index contributed by atoms with van der Waals surface area (Å²) in [7, 11) is 0. The lowest BCUT2D eigenvalue weighted by atomic mass is 9.89. The highest BCUT2D eigenvalue weighted by Crippen LogP contribution is 2.35. The van der Waals surface area contributed by atoms with Crippen molar-refractivity contribution in [3.63, 3.8) is 0 Å². The quantitative estimate of drug-likeness (QED) is 0.864. The van der Waals surface area contributed by atoms with Gasteiger partial charge in [-0.05, 0) is 19.8 Å². The molecular weight excluding hydrogens is 234 g/mol. The molecule has 2 fully saturated rings. The molecule has 0 radical (unpaired) electrons. The molecule has 1 aliphatic heterocycles. The van der Waals surface area contributed by atoms with Crippen LogP contribution in [0.1, 0.15) is 37.4 Å². The highest BCUT2D eigenvalue weighted by atomic mass is 16.5. The van der Waals surface area contributed by atoms with Crippen LogP contribution in [0.25, 0.3) is 0 Å². The van der Waals surface area contributed by atoms with Crippen LogP contribution in [0.15, 0.2) is 4.52 Å². The molecule has 1 amide bonds. The van der Waals surface area contributed by atoms with Crippen molar-refractivity contribution in [1.29, 1.82) is 0 Å². The van der Waals surface area contributed by atoms with E-state index in [9.17, 15) is 4.79 Å². The Morgan fingerprint density at radius 2 is 2.11 bits per heavy atom. The molecule has 98 valence electrons. The Hall–Kier alpha value is -1.43. The normalized spacial score (nSPS) is 22.7. The van der Waals surface area contributed by atoms with Crippen molar-refractivity contribution in [2.45, 2.75) is 38.1 Å². The Morgan fingerprint density at radius 1 is 1.39 bits per heavy atom. The Kier molecular flexibility index (Phi) is 2.81. The summed E-state index contributed by atoms with van der Waals surface area (Å²) in [4.78, 5) is 16.3. The maximum atomic E-state index is 12.0. The van der Waals surface area contributed by atoms with Crippen molar-refractivity contribution >= 4 is 5.91 Å². The molecule has 0 atom stereocenters. The molecular formula is C12H17N3O3. The first-order valence-electron chi connectivity index (χ1n) is 6.40. The SMILES string of the molecule is Cc1noc(C2(NC(=O)C3CC3)CCOCC2)n1. The van der Waals surface area contributed by atoms with E-state index in [1.54, 1.807) is 6.92 Å². The number of hydrogen-bond donors (Lipinski definition) is 1. The molecule has 1 aliphatic carbocycles. The molecule has 6 heteroatoms. The van der Waals surface area contributed by atoms with Gasteiger partial charge in [0.05, 0.1) is 0 Å². The van der Waals surface area contributed by atoms with Crippen molar-refractivity contribution in [3.8, 4) is 0 Å². The number of carbonyl (C=O) groups is 1. The van der Waals surface area contributed by atoms with E-state index in [1.165, 1.54) is 0 Å². The van der Waals surface area contributed by atoms with Gasteiger partial charge in [0.25, 0.3) is 5.89 Å². The molecule has 1 aromatic heterocycles. The first-order chi connectivity index (χ1) is 8.70. The molecule has 1 N–H and O–H groups in total. The van der Waals surface area contributed by atoms with E-state index in [0.29, 0.717) is 37.8 Å². The number of aryl methyl sites for hydroxylation is 1. The molecule has 1 saturated carbocycles. The largest absolute Gasteiger partial charge is 0.381 e. The summed E-state index contributed by atoms with van der Waals surface area (Å²) in [5, 5.41) is 6.94. The van der Waals surface area contributed by atoms with Crippen LogP contribution in [-0.2, 0) is 15.1 Å². The number of rotatable bonds is 3. The summed E-state index contributed by atoms with van der Waals surface area (Å²) < 4.78 is 10.6. The monoisotopic (exact) mass is 251 g/mol. The lowest BCUT2D eigenvalue weighted by Crippen LogP contribution is -2.50. The van der Waals surface area contributed by atoms with Gasteiger partial charge in [0, 0.05) is 32.0 Å². The average Bonchev–Trinajstić information content (AvgIpc) is 3.13. The second kappa shape index (κ2) is 4.35. The second-order valence-electron chi connectivity index (χ2n) is 5.10. The van der Waals surface area contributed by atoms with Crippen LogP contribution in [0.5, 0.6) is 0 Å². The van der Waals surface area contributed by atoms with Crippen molar-refractivity contribution in [1.82, 2.24) is 15.5 Å². The van der Waals surface area contributed by atoms with E-state index in [-0.39, 0.29) is 11.8 Å². The van der Waals surface area contributed by atoms with Gasteiger partial charge in [0.2, 0.25) is 5.91 Å².